The highest BCUT2D eigenvalue weighted by Crippen LogP contribution is 2.29. The Morgan fingerprint density at radius 3 is 2.47 bits per heavy atom. The van der Waals surface area contributed by atoms with E-state index >= 15 is 0 Å². The van der Waals surface area contributed by atoms with E-state index in [-0.39, 0.29) is 5.75 Å². The first-order valence-electron chi connectivity index (χ1n) is 6.70. The normalized spacial score (nSPS) is 17.0. The molecule has 0 aromatic heterocycles. The molecule has 17 heavy (non-hydrogen) atoms. The molecule has 0 aliphatic heterocycles. The molecule has 0 spiro atoms. The third-order valence-electron chi connectivity index (χ3n) is 2.96. The van der Waals surface area contributed by atoms with E-state index in [2.05, 4.69) is 12.2 Å². The molecule has 4 nitrogen and oxygen atoms in total. The lowest BCUT2D eigenvalue weighted by atomic mass is 10.3. The summed E-state index contributed by atoms with van der Waals surface area (Å²) in [5.41, 5.74) is 0. The number of hydrogen-bond acceptors (Lipinski definition) is 3. The van der Waals surface area contributed by atoms with E-state index < -0.39 is 10.0 Å². The van der Waals surface area contributed by atoms with Crippen LogP contribution in [-0.2, 0) is 10.0 Å². The Balaban J connectivity index is 2.46. The van der Waals surface area contributed by atoms with E-state index in [1.807, 2.05) is 13.8 Å². The van der Waals surface area contributed by atoms with Gasteiger partial charge in [0.2, 0.25) is 10.0 Å². The smallest absolute Gasteiger partial charge is 0.215 e. The van der Waals surface area contributed by atoms with Crippen LogP contribution in [0, 0.1) is 0 Å². The third kappa shape index (κ3) is 5.36. The van der Waals surface area contributed by atoms with Crippen molar-refractivity contribution < 1.29 is 8.42 Å². The first kappa shape index (κ1) is 14.9. The first-order valence-corrected chi connectivity index (χ1v) is 8.31. The molecular weight excluding hydrogens is 236 g/mol. The second kappa shape index (κ2) is 6.71. The van der Waals surface area contributed by atoms with Crippen molar-refractivity contribution in [2.45, 2.75) is 58.5 Å². The highest BCUT2D eigenvalue weighted by atomic mass is 32.2. The maximum Gasteiger partial charge on any atom is 0.215 e. The Kier molecular flexibility index (Phi) is 5.89. The van der Waals surface area contributed by atoms with Gasteiger partial charge in [0.1, 0.15) is 0 Å². The number of sulfonamides is 1. The van der Waals surface area contributed by atoms with Crippen molar-refractivity contribution in [3.05, 3.63) is 0 Å². The van der Waals surface area contributed by atoms with Gasteiger partial charge in [-0.1, -0.05) is 27.2 Å². The van der Waals surface area contributed by atoms with Crippen LogP contribution in [0.15, 0.2) is 0 Å². The van der Waals surface area contributed by atoms with Gasteiger partial charge in [0, 0.05) is 25.2 Å². The van der Waals surface area contributed by atoms with Crippen molar-refractivity contribution in [2.75, 3.05) is 18.8 Å². The summed E-state index contributed by atoms with van der Waals surface area (Å²) < 4.78 is 26.1. The second-order valence-electron chi connectivity index (χ2n) is 5.12. The summed E-state index contributed by atoms with van der Waals surface area (Å²) in [4.78, 5) is 0. The predicted octanol–water partition coefficient (Wildman–Crippen LogP) is 1.58. The Labute approximate surface area is 106 Å². The van der Waals surface area contributed by atoms with Gasteiger partial charge in [0.25, 0.3) is 0 Å². The van der Waals surface area contributed by atoms with E-state index in [1.165, 1.54) is 0 Å². The van der Waals surface area contributed by atoms with Gasteiger partial charge in [-0.2, -0.15) is 4.31 Å². The van der Waals surface area contributed by atoms with Crippen LogP contribution >= 0.6 is 0 Å². The maximum atomic E-state index is 12.2. The van der Waals surface area contributed by atoms with Gasteiger partial charge >= 0.3 is 0 Å². The van der Waals surface area contributed by atoms with Crippen molar-refractivity contribution >= 4 is 10.0 Å². The van der Waals surface area contributed by atoms with Gasteiger partial charge in [-0.05, 0) is 19.3 Å². The van der Waals surface area contributed by atoms with E-state index in [4.69, 9.17) is 0 Å². The summed E-state index contributed by atoms with van der Waals surface area (Å²) >= 11 is 0. The molecule has 0 aromatic carbocycles. The zero-order valence-corrected chi connectivity index (χ0v) is 12.1. The SMILES string of the molecule is CCCCN(C1CC1)S(=O)(=O)CCNC(C)C. The lowest BCUT2D eigenvalue weighted by molar-refractivity contribution is 0.394. The van der Waals surface area contributed by atoms with Crippen LogP contribution in [-0.4, -0.2) is 43.6 Å². The molecule has 5 heteroatoms. The summed E-state index contributed by atoms with van der Waals surface area (Å²) in [6, 6.07) is 0.640. The molecular formula is C12H26N2O2S. The van der Waals surface area contributed by atoms with Gasteiger partial charge in [0.15, 0.2) is 0 Å². The number of nitrogens with one attached hydrogen (secondary N) is 1. The fourth-order valence-electron chi connectivity index (χ4n) is 1.82. The fraction of sp³-hybridized carbons (Fsp3) is 1.00. The molecule has 1 N–H and O–H groups in total. The van der Waals surface area contributed by atoms with Crippen LogP contribution in [0.4, 0.5) is 0 Å². The molecule has 0 saturated heterocycles. The molecule has 0 atom stereocenters. The Bertz CT molecular complexity index is 310. The summed E-state index contributed by atoms with van der Waals surface area (Å²) in [7, 11) is -3.06. The van der Waals surface area contributed by atoms with E-state index in [1.54, 1.807) is 4.31 Å². The Morgan fingerprint density at radius 1 is 1.35 bits per heavy atom. The van der Waals surface area contributed by atoms with Crippen molar-refractivity contribution in [3.63, 3.8) is 0 Å². The van der Waals surface area contributed by atoms with Crippen LogP contribution in [0.25, 0.3) is 0 Å². The number of hydrogen-bond donors (Lipinski definition) is 1. The average Bonchev–Trinajstić information content (AvgIpc) is 3.01. The van der Waals surface area contributed by atoms with Crippen LogP contribution < -0.4 is 5.32 Å². The first-order chi connectivity index (χ1) is 7.97. The molecule has 1 fully saturated rings. The van der Waals surface area contributed by atoms with E-state index in [0.717, 1.165) is 25.7 Å². The summed E-state index contributed by atoms with van der Waals surface area (Å²) in [6.45, 7) is 7.41. The zero-order chi connectivity index (χ0) is 12.9. The largest absolute Gasteiger partial charge is 0.313 e. The van der Waals surface area contributed by atoms with E-state index in [0.29, 0.717) is 25.2 Å². The molecule has 102 valence electrons. The number of unbranched alkanes of at least 4 members (excludes halogenated alkanes) is 1. The van der Waals surface area contributed by atoms with Crippen LogP contribution in [0.2, 0.25) is 0 Å². The van der Waals surface area contributed by atoms with Gasteiger partial charge in [-0.3, -0.25) is 0 Å². The zero-order valence-electron chi connectivity index (χ0n) is 11.3. The number of rotatable bonds is 9. The molecule has 1 rings (SSSR count). The minimum Gasteiger partial charge on any atom is -0.313 e. The summed E-state index contributed by atoms with van der Waals surface area (Å²) in [5, 5.41) is 3.17. The third-order valence-corrected chi connectivity index (χ3v) is 4.87. The Morgan fingerprint density at radius 2 is 2.00 bits per heavy atom. The predicted molar refractivity (Wildman–Crippen MR) is 71.6 cm³/mol. The van der Waals surface area contributed by atoms with Gasteiger partial charge < -0.3 is 5.32 Å². The quantitative estimate of drug-likeness (QED) is 0.686. The van der Waals surface area contributed by atoms with Gasteiger partial charge in [-0.25, -0.2) is 8.42 Å². The molecule has 1 aliphatic rings. The van der Waals surface area contributed by atoms with Crippen LogP contribution in [0.1, 0.15) is 46.5 Å². The summed E-state index contributed by atoms with van der Waals surface area (Å²) in [6.07, 6.45) is 4.09. The lowest BCUT2D eigenvalue weighted by Gasteiger charge is -2.22. The fourth-order valence-corrected chi connectivity index (χ4v) is 3.50. The molecule has 1 saturated carbocycles. The monoisotopic (exact) mass is 262 g/mol. The molecule has 0 heterocycles. The minimum absolute atomic E-state index is 0.228. The van der Waals surface area contributed by atoms with Crippen LogP contribution in [0.3, 0.4) is 0 Å². The molecule has 0 amide bonds. The topological polar surface area (TPSA) is 49.4 Å². The molecule has 1 aliphatic carbocycles. The molecule has 0 radical (unpaired) electrons. The summed E-state index contributed by atoms with van der Waals surface area (Å²) in [5.74, 6) is 0.228. The van der Waals surface area contributed by atoms with Crippen LogP contribution in [0.5, 0.6) is 0 Å². The highest BCUT2D eigenvalue weighted by Gasteiger charge is 2.36. The standard InChI is InChI=1S/C12H26N2O2S/c1-4-5-9-14(12-6-7-12)17(15,16)10-8-13-11(2)3/h11-13H,4-10H2,1-3H3. The molecule has 0 bridgehead atoms. The molecule has 0 aromatic rings. The highest BCUT2D eigenvalue weighted by molar-refractivity contribution is 7.89. The van der Waals surface area contributed by atoms with Crippen molar-refractivity contribution in [2.24, 2.45) is 0 Å². The van der Waals surface area contributed by atoms with E-state index in [9.17, 15) is 8.42 Å². The van der Waals surface area contributed by atoms with Crippen molar-refractivity contribution in [3.8, 4) is 0 Å². The maximum absolute atomic E-state index is 12.2. The van der Waals surface area contributed by atoms with Crippen molar-refractivity contribution in [1.82, 2.24) is 9.62 Å². The number of nitrogens with zero attached hydrogens (tertiary/aromatic N) is 1. The van der Waals surface area contributed by atoms with Crippen molar-refractivity contribution in [1.29, 1.82) is 0 Å². The lowest BCUT2D eigenvalue weighted by Crippen LogP contribution is -2.39. The minimum atomic E-state index is -3.06. The van der Waals surface area contributed by atoms with Gasteiger partial charge in [0.05, 0.1) is 5.75 Å². The Hall–Kier alpha value is -0.130. The van der Waals surface area contributed by atoms with Gasteiger partial charge in [-0.15, -0.1) is 0 Å². The second-order valence-corrected chi connectivity index (χ2v) is 7.16. The molecule has 0 unspecified atom stereocenters. The average molecular weight is 262 g/mol.